The average Bonchev–Trinajstić information content (AvgIpc) is 2.80. The normalized spacial score (nSPS) is 31.1. The molecule has 3 rings (SSSR count). The molecule has 4 nitrogen and oxygen atoms in total. The molecular weight excluding hydrogens is 238 g/mol. The first-order chi connectivity index (χ1) is 9.23. The van der Waals surface area contributed by atoms with E-state index in [-0.39, 0.29) is 11.5 Å². The largest absolute Gasteiger partial charge is 0.392 e. The van der Waals surface area contributed by atoms with Gasteiger partial charge in [-0.3, -0.25) is 0 Å². The quantitative estimate of drug-likeness (QED) is 0.886. The van der Waals surface area contributed by atoms with Crippen molar-refractivity contribution in [2.75, 3.05) is 18.0 Å². The van der Waals surface area contributed by atoms with Crippen LogP contribution in [0.3, 0.4) is 0 Å². The van der Waals surface area contributed by atoms with Crippen molar-refractivity contribution in [2.24, 2.45) is 5.41 Å². The minimum Gasteiger partial charge on any atom is -0.392 e. The Hall–Kier alpha value is -1.16. The Morgan fingerprint density at radius 3 is 2.68 bits per heavy atom. The van der Waals surface area contributed by atoms with Gasteiger partial charge < -0.3 is 10.0 Å². The third-order valence-corrected chi connectivity index (χ3v) is 4.85. The summed E-state index contributed by atoms with van der Waals surface area (Å²) in [5.41, 5.74) is 1.28. The molecule has 1 saturated carbocycles. The summed E-state index contributed by atoms with van der Waals surface area (Å²) in [7, 11) is 0. The molecule has 104 valence electrons. The molecular formula is C15H23N3O. The number of aryl methyl sites for hydroxylation is 1. The first-order valence-electron chi connectivity index (χ1n) is 7.47. The zero-order valence-corrected chi connectivity index (χ0v) is 11.7. The van der Waals surface area contributed by atoms with E-state index in [1.54, 1.807) is 0 Å². The molecule has 0 radical (unpaired) electrons. The van der Waals surface area contributed by atoms with E-state index >= 15 is 0 Å². The summed E-state index contributed by atoms with van der Waals surface area (Å²) >= 11 is 0. The second kappa shape index (κ2) is 5.08. The summed E-state index contributed by atoms with van der Waals surface area (Å²) in [5, 5.41) is 10.3. The lowest BCUT2D eigenvalue weighted by atomic mass is 9.77. The number of anilines is 1. The summed E-state index contributed by atoms with van der Waals surface area (Å²) in [5.74, 6) is 0.829. The predicted octanol–water partition coefficient (Wildman–Crippen LogP) is 2.17. The fraction of sp³-hybridized carbons (Fsp3) is 0.733. The Balaban J connectivity index is 1.77. The molecule has 2 fully saturated rings. The van der Waals surface area contributed by atoms with Gasteiger partial charge in [-0.2, -0.15) is 0 Å². The zero-order chi connectivity index (χ0) is 13.3. The molecule has 4 heteroatoms. The van der Waals surface area contributed by atoms with Crippen molar-refractivity contribution in [1.29, 1.82) is 0 Å². The summed E-state index contributed by atoms with van der Waals surface area (Å²) < 4.78 is 0. The van der Waals surface area contributed by atoms with Crippen LogP contribution in [0.5, 0.6) is 0 Å². The number of hydrogen-bond donors (Lipinski definition) is 1. The van der Waals surface area contributed by atoms with Crippen LogP contribution in [0.15, 0.2) is 12.4 Å². The van der Waals surface area contributed by atoms with Gasteiger partial charge in [0.25, 0.3) is 0 Å². The summed E-state index contributed by atoms with van der Waals surface area (Å²) in [6.45, 7) is 4.04. The van der Waals surface area contributed by atoms with E-state index in [1.807, 2.05) is 12.4 Å². The highest BCUT2D eigenvalue weighted by molar-refractivity contribution is 5.32. The number of rotatable bonds is 2. The van der Waals surface area contributed by atoms with Crippen LogP contribution >= 0.6 is 0 Å². The van der Waals surface area contributed by atoms with E-state index in [0.29, 0.717) is 0 Å². The van der Waals surface area contributed by atoms with E-state index in [4.69, 9.17) is 0 Å². The molecule has 1 aromatic rings. The molecule has 1 N–H and O–H groups in total. The van der Waals surface area contributed by atoms with Gasteiger partial charge in [-0.15, -0.1) is 0 Å². The van der Waals surface area contributed by atoms with Crippen molar-refractivity contribution in [3.8, 4) is 0 Å². The van der Waals surface area contributed by atoms with Crippen molar-refractivity contribution in [1.82, 2.24) is 9.97 Å². The third-order valence-electron chi connectivity index (χ3n) is 4.85. The van der Waals surface area contributed by atoms with Gasteiger partial charge >= 0.3 is 0 Å². The van der Waals surface area contributed by atoms with Crippen LogP contribution in [0.1, 0.15) is 44.6 Å². The van der Waals surface area contributed by atoms with Crippen LogP contribution in [0.4, 0.5) is 5.95 Å². The maximum absolute atomic E-state index is 10.3. The van der Waals surface area contributed by atoms with Crippen LogP contribution in [-0.2, 0) is 6.42 Å². The molecule has 2 heterocycles. The van der Waals surface area contributed by atoms with Crippen molar-refractivity contribution >= 4 is 5.95 Å². The highest BCUT2D eigenvalue weighted by Crippen LogP contribution is 2.45. The second-order valence-electron chi connectivity index (χ2n) is 6.04. The van der Waals surface area contributed by atoms with E-state index in [0.717, 1.165) is 57.6 Å². The van der Waals surface area contributed by atoms with Gasteiger partial charge in [0.1, 0.15) is 0 Å². The fourth-order valence-electron chi connectivity index (χ4n) is 3.62. The summed E-state index contributed by atoms with van der Waals surface area (Å²) in [4.78, 5) is 11.2. The van der Waals surface area contributed by atoms with E-state index in [9.17, 15) is 5.11 Å². The topological polar surface area (TPSA) is 49.2 Å². The number of aliphatic hydroxyl groups is 1. The maximum atomic E-state index is 10.3. The highest BCUT2D eigenvalue weighted by atomic mass is 16.3. The predicted molar refractivity (Wildman–Crippen MR) is 75.1 cm³/mol. The van der Waals surface area contributed by atoms with E-state index in [2.05, 4.69) is 21.8 Å². The molecule has 1 aromatic heterocycles. The van der Waals surface area contributed by atoms with Gasteiger partial charge in [-0.05, 0) is 37.7 Å². The van der Waals surface area contributed by atoms with Crippen molar-refractivity contribution < 1.29 is 5.11 Å². The van der Waals surface area contributed by atoms with Gasteiger partial charge in [0.2, 0.25) is 5.95 Å². The van der Waals surface area contributed by atoms with E-state index < -0.39 is 0 Å². The first-order valence-corrected chi connectivity index (χ1v) is 7.47. The smallest absolute Gasteiger partial charge is 0.225 e. The first kappa shape index (κ1) is 12.9. The van der Waals surface area contributed by atoms with Crippen LogP contribution in [0.2, 0.25) is 0 Å². The Labute approximate surface area is 114 Å². The number of piperidine rings is 1. The average molecular weight is 261 g/mol. The SMILES string of the molecule is CCc1cnc(N2CCC[C@]3(CCC[C@H]3O)C2)nc1. The van der Waals surface area contributed by atoms with E-state index in [1.165, 1.54) is 5.56 Å². The molecule has 1 saturated heterocycles. The minimum atomic E-state index is -0.134. The number of nitrogens with zero attached hydrogens (tertiary/aromatic N) is 3. The molecule has 1 aliphatic heterocycles. The minimum absolute atomic E-state index is 0.102. The van der Waals surface area contributed by atoms with Crippen LogP contribution < -0.4 is 4.90 Å². The molecule has 1 aliphatic carbocycles. The molecule has 0 unspecified atom stereocenters. The van der Waals surface area contributed by atoms with Gasteiger partial charge in [-0.1, -0.05) is 13.3 Å². The Kier molecular flexibility index (Phi) is 3.44. The van der Waals surface area contributed by atoms with Crippen molar-refractivity contribution in [3.63, 3.8) is 0 Å². The summed E-state index contributed by atoms with van der Waals surface area (Å²) in [6, 6.07) is 0. The molecule has 2 aliphatic rings. The zero-order valence-electron chi connectivity index (χ0n) is 11.7. The standard InChI is InChI=1S/C15H23N3O/c1-2-12-9-16-14(17-10-12)18-8-4-7-15(11-18)6-3-5-13(15)19/h9-10,13,19H,2-8,11H2,1H3/t13-,15-/m1/s1. The van der Waals surface area contributed by atoms with Gasteiger partial charge in [0, 0.05) is 30.9 Å². The van der Waals surface area contributed by atoms with Crippen LogP contribution in [-0.4, -0.2) is 34.3 Å². The fourth-order valence-corrected chi connectivity index (χ4v) is 3.62. The number of aliphatic hydroxyl groups excluding tert-OH is 1. The highest BCUT2D eigenvalue weighted by Gasteiger charge is 2.45. The molecule has 0 aromatic carbocycles. The number of aromatic nitrogens is 2. The van der Waals surface area contributed by atoms with Crippen LogP contribution in [0.25, 0.3) is 0 Å². The Morgan fingerprint density at radius 1 is 1.32 bits per heavy atom. The molecule has 2 atom stereocenters. The molecule has 0 bridgehead atoms. The lowest BCUT2D eigenvalue weighted by Crippen LogP contribution is -2.47. The molecule has 1 spiro atoms. The van der Waals surface area contributed by atoms with Crippen molar-refractivity contribution in [3.05, 3.63) is 18.0 Å². The second-order valence-corrected chi connectivity index (χ2v) is 6.04. The van der Waals surface area contributed by atoms with Crippen molar-refractivity contribution in [2.45, 2.75) is 51.6 Å². The van der Waals surface area contributed by atoms with Gasteiger partial charge in [-0.25, -0.2) is 9.97 Å². The summed E-state index contributed by atoms with van der Waals surface area (Å²) in [6.07, 6.45) is 10.2. The van der Waals surface area contributed by atoms with Crippen LogP contribution in [0, 0.1) is 5.41 Å². The lowest BCUT2D eigenvalue weighted by molar-refractivity contribution is 0.0406. The molecule has 19 heavy (non-hydrogen) atoms. The van der Waals surface area contributed by atoms with Gasteiger partial charge in [0.15, 0.2) is 0 Å². The maximum Gasteiger partial charge on any atom is 0.225 e. The Morgan fingerprint density at radius 2 is 2.05 bits per heavy atom. The number of hydrogen-bond acceptors (Lipinski definition) is 4. The third kappa shape index (κ3) is 2.34. The molecule has 0 amide bonds. The van der Waals surface area contributed by atoms with Gasteiger partial charge in [0.05, 0.1) is 6.10 Å². The monoisotopic (exact) mass is 261 g/mol. The lowest BCUT2D eigenvalue weighted by Gasteiger charge is -2.42. The Bertz CT molecular complexity index is 434.